The van der Waals surface area contributed by atoms with Crippen LogP contribution < -0.4 is 5.32 Å². The van der Waals surface area contributed by atoms with E-state index in [4.69, 9.17) is 0 Å². The number of carbonyl (C=O) groups is 1. The Morgan fingerprint density at radius 3 is 2.65 bits per heavy atom. The molecule has 0 saturated carbocycles. The van der Waals surface area contributed by atoms with Gasteiger partial charge in [0.2, 0.25) is 5.91 Å². The van der Waals surface area contributed by atoms with Crippen LogP contribution in [0.15, 0.2) is 30.3 Å². The number of nitrogens with zero attached hydrogens (tertiary/aromatic N) is 1. The van der Waals surface area contributed by atoms with E-state index in [0.29, 0.717) is 17.9 Å². The monoisotopic (exact) mass is 274 g/mol. The summed E-state index contributed by atoms with van der Waals surface area (Å²) in [7, 11) is 1.97. The standard InChI is InChI=1S/C17H26N2O/c1-4-13(2)16(14-8-6-5-7-9-14)17(20)19-11-10-15(12-19)18-3/h5-9,13,15-16,18H,4,10-12H2,1-3H3. The van der Waals surface area contributed by atoms with Gasteiger partial charge in [-0.05, 0) is 24.9 Å². The number of amides is 1. The molecular weight excluding hydrogens is 248 g/mol. The summed E-state index contributed by atoms with van der Waals surface area (Å²) >= 11 is 0. The highest BCUT2D eigenvalue weighted by Gasteiger charge is 2.33. The molecule has 1 heterocycles. The van der Waals surface area contributed by atoms with E-state index in [1.807, 2.05) is 30.1 Å². The molecule has 1 aromatic rings. The zero-order chi connectivity index (χ0) is 14.5. The number of benzene rings is 1. The molecule has 20 heavy (non-hydrogen) atoms. The largest absolute Gasteiger partial charge is 0.341 e. The van der Waals surface area contributed by atoms with Crippen molar-refractivity contribution >= 4 is 5.91 Å². The van der Waals surface area contributed by atoms with Crippen molar-refractivity contribution in [2.75, 3.05) is 20.1 Å². The van der Waals surface area contributed by atoms with E-state index in [0.717, 1.165) is 31.5 Å². The van der Waals surface area contributed by atoms with E-state index in [1.54, 1.807) is 0 Å². The van der Waals surface area contributed by atoms with Crippen molar-refractivity contribution in [3.63, 3.8) is 0 Å². The lowest BCUT2D eigenvalue weighted by molar-refractivity contribution is -0.133. The van der Waals surface area contributed by atoms with Gasteiger partial charge in [-0.1, -0.05) is 50.6 Å². The lowest BCUT2D eigenvalue weighted by atomic mass is 9.84. The van der Waals surface area contributed by atoms with Crippen LogP contribution in [0.5, 0.6) is 0 Å². The van der Waals surface area contributed by atoms with Crippen LogP contribution in [0.1, 0.15) is 38.2 Å². The van der Waals surface area contributed by atoms with Gasteiger partial charge in [0.25, 0.3) is 0 Å². The second-order valence-corrected chi connectivity index (χ2v) is 5.83. The number of rotatable bonds is 5. The lowest BCUT2D eigenvalue weighted by Gasteiger charge is -2.28. The van der Waals surface area contributed by atoms with Crippen LogP contribution in [0.4, 0.5) is 0 Å². The molecule has 1 saturated heterocycles. The summed E-state index contributed by atoms with van der Waals surface area (Å²) in [5, 5.41) is 3.28. The summed E-state index contributed by atoms with van der Waals surface area (Å²) in [6, 6.07) is 10.7. The Morgan fingerprint density at radius 2 is 2.10 bits per heavy atom. The Morgan fingerprint density at radius 1 is 1.40 bits per heavy atom. The van der Waals surface area contributed by atoms with Gasteiger partial charge in [-0.15, -0.1) is 0 Å². The molecule has 0 aromatic heterocycles. The molecule has 3 atom stereocenters. The topological polar surface area (TPSA) is 32.3 Å². The Balaban J connectivity index is 2.17. The number of hydrogen-bond donors (Lipinski definition) is 1. The van der Waals surface area contributed by atoms with Crippen molar-refractivity contribution in [1.82, 2.24) is 10.2 Å². The molecule has 3 heteroatoms. The third-order valence-electron chi connectivity index (χ3n) is 4.55. The molecule has 1 N–H and O–H groups in total. The maximum absolute atomic E-state index is 12.9. The molecule has 1 aromatic carbocycles. The molecule has 0 spiro atoms. The van der Waals surface area contributed by atoms with E-state index in [9.17, 15) is 4.79 Å². The molecule has 1 fully saturated rings. The van der Waals surface area contributed by atoms with E-state index in [-0.39, 0.29) is 5.92 Å². The first-order valence-corrected chi connectivity index (χ1v) is 7.68. The van der Waals surface area contributed by atoms with E-state index in [2.05, 4.69) is 31.3 Å². The number of nitrogens with one attached hydrogen (secondary N) is 1. The lowest BCUT2D eigenvalue weighted by Crippen LogP contribution is -2.38. The van der Waals surface area contributed by atoms with Crippen molar-refractivity contribution in [1.29, 1.82) is 0 Å². The van der Waals surface area contributed by atoms with Crippen LogP contribution >= 0.6 is 0 Å². The zero-order valence-corrected chi connectivity index (χ0v) is 12.8. The fourth-order valence-electron chi connectivity index (χ4n) is 3.00. The first-order valence-electron chi connectivity index (χ1n) is 7.68. The van der Waals surface area contributed by atoms with Gasteiger partial charge in [0, 0.05) is 19.1 Å². The second kappa shape index (κ2) is 6.89. The highest BCUT2D eigenvalue weighted by Crippen LogP contribution is 2.30. The normalized spacial score (nSPS) is 21.8. The van der Waals surface area contributed by atoms with Crippen molar-refractivity contribution in [2.45, 2.75) is 38.6 Å². The van der Waals surface area contributed by atoms with Crippen molar-refractivity contribution < 1.29 is 4.79 Å². The summed E-state index contributed by atoms with van der Waals surface area (Å²) < 4.78 is 0. The average Bonchev–Trinajstić information content (AvgIpc) is 2.97. The fourth-order valence-corrected chi connectivity index (χ4v) is 3.00. The van der Waals surface area contributed by atoms with Crippen LogP contribution in [-0.2, 0) is 4.79 Å². The molecule has 0 bridgehead atoms. The van der Waals surface area contributed by atoms with Crippen molar-refractivity contribution in [2.24, 2.45) is 5.92 Å². The fraction of sp³-hybridized carbons (Fsp3) is 0.588. The number of carbonyl (C=O) groups excluding carboxylic acids is 1. The average molecular weight is 274 g/mol. The number of hydrogen-bond acceptors (Lipinski definition) is 2. The highest BCUT2D eigenvalue weighted by molar-refractivity contribution is 5.84. The van der Waals surface area contributed by atoms with E-state index < -0.39 is 0 Å². The van der Waals surface area contributed by atoms with Gasteiger partial charge in [-0.25, -0.2) is 0 Å². The Bertz CT molecular complexity index is 432. The molecular formula is C17H26N2O. The first-order chi connectivity index (χ1) is 9.67. The Kier molecular flexibility index (Phi) is 5.18. The smallest absolute Gasteiger partial charge is 0.230 e. The summed E-state index contributed by atoms with van der Waals surface area (Å²) in [5.41, 5.74) is 1.15. The maximum Gasteiger partial charge on any atom is 0.230 e. The molecule has 1 amide bonds. The minimum Gasteiger partial charge on any atom is -0.341 e. The predicted octanol–water partition coefficient (Wildman–Crippen LogP) is 2.64. The third-order valence-corrected chi connectivity index (χ3v) is 4.55. The molecule has 0 aliphatic carbocycles. The summed E-state index contributed by atoms with van der Waals surface area (Å²) in [5.74, 6) is 0.665. The molecule has 3 unspecified atom stereocenters. The molecule has 1 aliphatic heterocycles. The van der Waals surface area contributed by atoms with Crippen LogP contribution in [0, 0.1) is 5.92 Å². The Labute approximate surface area is 122 Å². The van der Waals surface area contributed by atoms with Gasteiger partial charge in [0.1, 0.15) is 0 Å². The Hall–Kier alpha value is -1.35. The van der Waals surface area contributed by atoms with Gasteiger partial charge in [0.05, 0.1) is 5.92 Å². The highest BCUT2D eigenvalue weighted by atomic mass is 16.2. The minimum absolute atomic E-state index is 0.00296. The van der Waals surface area contributed by atoms with Crippen molar-refractivity contribution in [3.8, 4) is 0 Å². The molecule has 2 rings (SSSR count). The van der Waals surface area contributed by atoms with Crippen LogP contribution in [0.2, 0.25) is 0 Å². The number of likely N-dealkylation sites (tertiary alicyclic amines) is 1. The summed E-state index contributed by atoms with van der Waals surface area (Å²) in [4.78, 5) is 14.9. The van der Waals surface area contributed by atoms with Crippen LogP contribution in [0.25, 0.3) is 0 Å². The molecule has 110 valence electrons. The van der Waals surface area contributed by atoms with E-state index in [1.165, 1.54) is 0 Å². The predicted molar refractivity (Wildman–Crippen MR) is 82.7 cm³/mol. The molecule has 0 radical (unpaired) electrons. The van der Waals surface area contributed by atoms with Crippen molar-refractivity contribution in [3.05, 3.63) is 35.9 Å². The van der Waals surface area contributed by atoms with Gasteiger partial charge < -0.3 is 10.2 Å². The van der Waals surface area contributed by atoms with Gasteiger partial charge >= 0.3 is 0 Å². The second-order valence-electron chi connectivity index (χ2n) is 5.83. The maximum atomic E-state index is 12.9. The SMILES string of the molecule is CCC(C)C(C(=O)N1CCC(NC)C1)c1ccccc1. The quantitative estimate of drug-likeness (QED) is 0.895. The molecule has 3 nitrogen and oxygen atoms in total. The van der Waals surface area contributed by atoms with E-state index >= 15 is 0 Å². The summed E-state index contributed by atoms with van der Waals surface area (Å²) in [6.07, 6.45) is 2.08. The third kappa shape index (κ3) is 3.21. The van der Waals surface area contributed by atoms with Crippen LogP contribution in [0.3, 0.4) is 0 Å². The minimum atomic E-state index is -0.00296. The number of likely N-dealkylation sites (N-methyl/N-ethyl adjacent to an activating group) is 1. The molecule has 1 aliphatic rings. The van der Waals surface area contributed by atoms with Gasteiger partial charge in [-0.3, -0.25) is 4.79 Å². The van der Waals surface area contributed by atoms with Gasteiger partial charge in [-0.2, -0.15) is 0 Å². The summed E-state index contributed by atoms with van der Waals surface area (Å²) in [6.45, 7) is 6.06. The van der Waals surface area contributed by atoms with Gasteiger partial charge in [0.15, 0.2) is 0 Å². The first kappa shape index (κ1) is 15.0. The van der Waals surface area contributed by atoms with Crippen LogP contribution in [-0.4, -0.2) is 37.0 Å². The zero-order valence-electron chi connectivity index (χ0n) is 12.8.